The number of hydrogen-bond donors (Lipinski definition) is 5. The zero-order chi connectivity index (χ0) is 61.9. The molecule has 5 N–H and O–H groups in total. The third-order valence-electron chi connectivity index (χ3n) is 28.9. The molecule has 10 atom stereocenters. The zero-order valence-electron chi connectivity index (χ0n) is 59.6. The molecule has 0 aromatic carbocycles. The molecule has 28 rings (SSSR count). The van der Waals surface area contributed by atoms with Gasteiger partial charge in [-0.2, -0.15) is 11.8 Å². The fraction of sp³-hybridized carbons (Fsp3) is 0.976. The van der Waals surface area contributed by atoms with E-state index in [4.69, 9.17) is 9.47 Å². The summed E-state index contributed by atoms with van der Waals surface area (Å²) in [5, 5.41) is 18.6. The van der Waals surface area contributed by atoms with Crippen molar-refractivity contribution < 1.29 is 9.47 Å². The lowest BCUT2D eigenvalue weighted by Crippen LogP contribution is -2.44. The van der Waals surface area contributed by atoms with Crippen LogP contribution in [0.5, 0.6) is 0 Å². The quantitative estimate of drug-likeness (QED) is 0.152. The second-order valence-corrected chi connectivity index (χ2v) is 37.4. The van der Waals surface area contributed by atoms with Gasteiger partial charge in [-0.1, -0.05) is 108 Å². The van der Waals surface area contributed by atoms with Gasteiger partial charge in [-0.05, 0) is 328 Å². The molecule has 8 nitrogen and oxygen atoms in total. The van der Waals surface area contributed by atoms with Crippen LogP contribution in [0.2, 0.25) is 0 Å². The lowest BCUT2D eigenvalue weighted by molar-refractivity contribution is 0.00574. The van der Waals surface area contributed by atoms with Crippen LogP contribution in [0.4, 0.5) is 0 Å². The number of nitrogens with one attached hydrogen (secondary N) is 5. The van der Waals surface area contributed by atoms with Gasteiger partial charge in [0.2, 0.25) is 0 Å². The van der Waals surface area contributed by atoms with Gasteiger partial charge in [-0.3, -0.25) is 0 Å². The SMILES string of the molecule is C1=CC2CNCC1C2.C1CC2CC(C1)C2.C1CC2CCC(C1)N2.C1CC2CCC(C1)O2.C1CC2CCC1C2.C1CC2CCC1CC2.C1CC2CCC1CN2.C1CC2CCC1CS2.C1CC2CCC1N2.C1CC2CCC1O2.C1CC2CCN(C1)C2.C1CC2CNC(C1)C2. The first kappa shape index (κ1) is 70.2. The van der Waals surface area contributed by atoms with Crippen LogP contribution in [-0.4, -0.2) is 122 Å². The van der Waals surface area contributed by atoms with Crippen LogP contribution in [0.25, 0.3) is 0 Å². The molecule has 12 aliphatic carbocycles. The van der Waals surface area contributed by atoms with Crippen molar-refractivity contribution in [3.8, 4) is 0 Å². The Morgan fingerprint density at radius 1 is 0.283 bits per heavy atom. The molecule has 0 aromatic rings. The summed E-state index contributed by atoms with van der Waals surface area (Å²) in [6.45, 7) is 9.25. The summed E-state index contributed by atoms with van der Waals surface area (Å²) in [4.78, 5) is 2.59. The summed E-state index contributed by atoms with van der Waals surface area (Å²) in [6.07, 6.45) is 81.3. The fourth-order valence-corrected chi connectivity index (χ4v) is 24.3. The van der Waals surface area contributed by atoms with E-state index < -0.39 is 0 Å². The van der Waals surface area contributed by atoms with Crippen LogP contribution in [0.3, 0.4) is 0 Å². The number of rotatable bonds is 0. The van der Waals surface area contributed by atoms with E-state index in [1.807, 2.05) is 0 Å². The minimum atomic E-state index is 0.661. The molecule has 526 valence electrons. The summed E-state index contributed by atoms with van der Waals surface area (Å²) < 4.78 is 11.1. The Hall–Kier alpha value is -0.230. The number of ether oxygens (including phenoxy) is 2. The Labute approximate surface area is 571 Å². The number of thioether (sulfide) groups is 1. The van der Waals surface area contributed by atoms with Gasteiger partial charge in [0.15, 0.2) is 0 Å². The number of piperidine rings is 5. The lowest BCUT2D eigenvalue weighted by atomic mass is 9.65. The molecule has 28 aliphatic rings. The van der Waals surface area contributed by atoms with Gasteiger partial charge < -0.3 is 41.0 Å². The molecule has 92 heavy (non-hydrogen) atoms. The minimum absolute atomic E-state index is 0.661. The summed E-state index contributed by atoms with van der Waals surface area (Å²) in [5.74, 6) is 14.5. The molecule has 16 heterocycles. The van der Waals surface area contributed by atoms with Crippen molar-refractivity contribution in [2.45, 2.75) is 387 Å². The van der Waals surface area contributed by atoms with Gasteiger partial charge in [0.05, 0.1) is 24.4 Å². The largest absolute Gasteiger partial charge is 0.375 e. The molecular weight excluding hydrogens is 1150 g/mol. The van der Waals surface area contributed by atoms with E-state index in [1.165, 1.54) is 300 Å². The van der Waals surface area contributed by atoms with Crippen molar-refractivity contribution in [2.75, 3.05) is 51.6 Å². The van der Waals surface area contributed by atoms with Crippen molar-refractivity contribution in [2.24, 2.45) is 71.0 Å². The van der Waals surface area contributed by atoms with E-state index in [2.05, 4.69) is 55.4 Å². The van der Waals surface area contributed by atoms with E-state index >= 15 is 0 Å². The third-order valence-corrected chi connectivity index (χ3v) is 30.6. The molecule has 24 bridgehead atoms. The van der Waals surface area contributed by atoms with Gasteiger partial charge >= 0.3 is 0 Å². The van der Waals surface area contributed by atoms with Crippen LogP contribution in [0, 0.1) is 71.0 Å². The Balaban J connectivity index is 0.0000000916. The second-order valence-electron chi connectivity index (χ2n) is 36.1. The first-order valence-corrected chi connectivity index (χ1v) is 43.5. The highest BCUT2D eigenvalue weighted by Gasteiger charge is 2.36. The Morgan fingerprint density at radius 3 is 1.02 bits per heavy atom. The standard InChI is InChI=1S/C8H14.C7H13N.C7H11N.3C7H13N.C7H12O.C7H12S.2C7H12.C6H11N.C6H10O/c1-2-8-5-3-7(1)4-6-8;1-3-7-4-2-6(1)5-8-7;1-2-7-3-6(1)4-8-5-7;1-2-7-3-5-8(4-1)6-7;1-2-6-4-7(3-1)8-5-6;2*1-2-6-4-5-7(3-1)8-6;1-3-7-4-2-6(1)5-8-7;1-2-7-4-3-6(1)5-7;1-2-6-4-7(3-1)5-6;2*1-2-6-4-3-5(1)7-6/h7-8H,1-6H2;6-8H,1-5H2;1-2,6-8H,3-5H2;7H,1-6H2;2*6-8H,1-5H2;2*6-7H,1-5H2;2*6-7H,1-5H2;5-7H,1-4H2;5-6H,1-4H2. The predicted octanol–water partition coefficient (Wildman–Crippen LogP) is 18.7. The van der Waals surface area contributed by atoms with E-state index in [1.54, 1.807) is 96.3 Å². The highest BCUT2D eigenvalue weighted by molar-refractivity contribution is 8.00. The van der Waals surface area contributed by atoms with Gasteiger partial charge in [0, 0.05) is 61.1 Å². The molecule has 16 aliphatic heterocycles. The first-order valence-electron chi connectivity index (χ1n) is 42.4. The molecular formula is C83H146N6O2S. The first-order chi connectivity index (χ1) is 45.4. The number of hydrogen-bond acceptors (Lipinski definition) is 9. The number of nitrogens with zero attached hydrogens (tertiary/aromatic N) is 1. The third kappa shape index (κ3) is 22.9. The molecule has 27 fully saturated rings. The summed E-state index contributed by atoms with van der Waals surface area (Å²) in [7, 11) is 0. The Kier molecular flexibility index (Phi) is 28.6. The van der Waals surface area contributed by atoms with Gasteiger partial charge in [0.1, 0.15) is 0 Å². The van der Waals surface area contributed by atoms with Crippen molar-refractivity contribution in [3.05, 3.63) is 12.2 Å². The van der Waals surface area contributed by atoms with Crippen LogP contribution in [0.15, 0.2) is 12.2 Å². The Morgan fingerprint density at radius 2 is 0.707 bits per heavy atom. The van der Waals surface area contributed by atoms with E-state index in [0.29, 0.717) is 24.4 Å². The summed E-state index contributed by atoms with van der Waals surface area (Å²) >= 11 is 2.21. The molecule has 16 saturated heterocycles. The van der Waals surface area contributed by atoms with E-state index in [9.17, 15) is 0 Å². The van der Waals surface area contributed by atoms with Crippen molar-refractivity contribution >= 4 is 11.8 Å². The highest BCUT2D eigenvalue weighted by atomic mass is 32.2. The maximum atomic E-state index is 5.60. The number of fused-ring (bicyclic) bond motifs is 27. The van der Waals surface area contributed by atoms with E-state index in [-0.39, 0.29) is 0 Å². The van der Waals surface area contributed by atoms with Gasteiger partial charge in [0.25, 0.3) is 0 Å². The molecule has 10 unspecified atom stereocenters. The normalized spacial score (nSPS) is 45.7. The molecule has 0 amide bonds. The average Bonchev–Trinajstić information content (AvgIpc) is 4.08. The van der Waals surface area contributed by atoms with Crippen molar-refractivity contribution in [3.63, 3.8) is 0 Å². The van der Waals surface area contributed by atoms with E-state index in [0.717, 1.165) is 88.8 Å². The van der Waals surface area contributed by atoms with Crippen LogP contribution >= 0.6 is 11.8 Å². The van der Waals surface area contributed by atoms with Gasteiger partial charge in [-0.15, -0.1) is 0 Å². The molecule has 9 heteroatoms. The van der Waals surface area contributed by atoms with Gasteiger partial charge in [-0.25, -0.2) is 0 Å². The van der Waals surface area contributed by atoms with Crippen molar-refractivity contribution in [1.82, 2.24) is 31.5 Å². The zero-order valence-corrected chi connectivity index (χ0v) is 60.4. The average molecular weight is 1290 g/mol. The maximum Gasteiger partial charge on any atom is 0.0580 e. The molecule has 0 aromatic heterocycles. The molecule has 11 saturated carbocycles. The fourth-order valence-electron chi connectivity index (χ4n) is 22.8. The smallest absolute Gasteiger partial charge is 0.0580 e. The molecule has 0 radical (unpaired) electrons. The molecule has 0 spiro atoms. The maximum absolute atomic E-state index is 5.60. The Bertz CT molecular complexity index is 1610. The topological polar surface area (TPSA) is 81.8 Å². The summed E-state index contributed by atoms with van der Waals surface area (Å²) in [6, 6.07) is 5.48. The predicted molar refractivity (Wildman–Crippen MR) is 390 cm³/mol. The minimum Gasteiger partial charge on any atom is -0.375 e. The highest BCUT2D eigenvalue weighted by Crippen LogP contribution is 2.46. The van der Waals surface area contributed by atoms with Crippen LogP contribution in [0.1, 0.15) is 321 Å². The van der Waals surface area contributed by atoms with Crippen LogP contribution < -0.4 is 26.6 Å². The lowest BCUT2D eigenvalue weighted by Gasteiger charge is -2.40. The summed E-state index contributed by atoms with van der Waals surface area (Å²) in [5.41, 5.74) is 0. The monoisotopic (exact) mass is 1290 g/mol. The van der Waals surface area contributed by atoms with Crippen LogP contribution in [-0.2, 0) is 9.47 Å². The van der Waals surface area contributed by atoms with Crippen molar-refractivity contribution in [1.29, 1.82) is 0 Å². The second kappa shape index (κ2) is 37.4.